The van der Waals surface area contributed by atoms with Crippen molar-refractivity contribution in [3.8, 4) is 11.4 Å². The molecular formula is C32H39N7O5S. The first-order valence-corrected chi connectivity index (χ1v) is 17.1. The van der Waals surface area contributed by atoms with Gasteiger partial charge in [0.25, 0.3) is 10.0 Å². The fourth-order valence-electron chi connectivity index (χ4n) is 6.09. The van der Waals surface area contributed by atoms with Gasteiger partial charge in [-0.05, 0) is 96.1 Å². The standard InChI is InChI=1S/C32H39N7O5S/c40-30(25-8-3-17-33-20-25)22-34-21-28-14-9-24-19-29(15-16-31(24)44-28)45(42,43)35-26-10-12-27(13-11-26)39-32(41)38(36-37-39)18-4-7-23-5-1-2-6-23/h3,8,10-13,15-17,19-20,23,28,30,34-35,40H,1-2,4-7,9,14,18,21-22H2. The van der Waals surface area contributed by atoms with E-state index in [1.54, 1.807) is 54.9 Å². The van der Waals surface area contributed by atoms with E-state index in [2.05, 4.69) is 25.4 Å². The second kappa shape index (κ2) is 13.9. The number of pyridine rings is 1. The van der Waals surface area contributed by atoms with Crippen LogP contribution in [-0.4, -0.2) is 57.5 Å². The van der Waals surface area contributed by atoms with E-state index in [4.69, 9.17) is 4.74 Å². The van der Waals surface area contributed by atoms with Gasteiger partial charge in [0.05, 0.1) is 16.7 Å². The first-order valence-electron chi connectivity index (χ1n) is 15.6. The number of rotatable bonds is 13. The van der Waals surface area contributed by atoms with Gasteiger partial charge in [0, 0.05) is 43.3 Å². The summed E-state index contributed by atoms with van der Waals surface area (Å²) in [5.74, 6) is 1.41. The number of anilines is 1. The van der Waals surface area contributed by atoms with Crippen LogP contribution in [-0.2, 0) is 23.0 Å². The van der Waals surface area contributed by atoms with Crippen molar-refractivity contribution in [2.75, 3.05) is 17.8 Å². The van der Waals surface area contributed by atoms with Crippen LogP contribution in [0.5, 0.6) is 5.75 Å². The molecule has 4 aromatic rings. The Bertz CT molecular complexity index is 1740. The van der Waals surface area contributed by atoms with Crippen molar-refractivity contribution < 1.29 is 18.3 Å². The third-order valence-corrected chi connectivity index (χ3v) is 9.99. The summed E-state index contributed by atoms with van der Waals surface area (Å²) in [6.45, 7) is 1.46. The molecule has 1 aliphatic heterocycles. The maximum Gasteiger partial charge on any atom is 0.368 e. The van der Waals surface area contributed by atoms with Crippen LogP contribution in [0, 0.1) is 5.92 Å². The number of aryl methyl sites for hydroxylation is 2. The molecule has 45 heavy (non-hydrogen) atoms. The minimum atomic E-state index is -3.86. The summed E-state index contributed by atoms with van der Waals surface area (Å²) in [5, 5.41) is 21.6. The van der Waals surface area contributed by atoms with E-state index in [0.717, 1.165) is 29.9 Å². The number of ether oxygens (including phenoxy) is 1. The molecule has 1 aliphatic carbocycles. The third kappa shape index (κ3) is 7.60. The number of nitrogens with one attached hydrogen (secondary N) is 2. The van der Waals surface area contributed by atoms with Crippen molar-refractivity contribution >= 4 is 15.7 Å². The van der Waals surface area contributed by atoms with Gasteiger partial charge in [0.15, 0.2) is 0 Å². The zero-order valence-electron chi connectivity index (χ0n) is 25.1. The van der Waals surface area contributed by atoms with E-state index >= 15 is 0 Å². The number of hydrogen-bond acceptors (Lipinski definition) is 9. The molecule has 2 aromatic heterocycles. The molecule has 3 N–H and O–H groups in total. The number of aromatic nitrogens is 5. The molecule has 0 amide bonds. The Morgan fingerprint density at radius 3 is 2.64 bits per heavy atom. The second-order valence-corrected chi connectivity index (χ2v) is 13.5. The van der Waals surface area contributed by atoms with Crippen LogP contribution in [0.1, 0.15) is 62.2 Å². The van der Waals surface area contributed by atoms with Crippen molar-refractivity contribution in [2.24, 2.45) is 5.92 Å². The molecule has 238 valence electrons. The monoisotopic (exact) mass is 633 g/mol. The number of tetrazole rings is 1. The summed E-state index contributed by atoms with van der Waals surface area (Å²) in [4.78, 5) is 17.0. The molecule has 0 saturated heterocycles. The molecule has 0 radical (unpaired) electrons. The van der Waals surface area contributed by atoms with Crippen molar-refractivity contribution in [3.63, 3.8) is 0 Å². The lowest BCUT2D eigenvalue weighted by Gasteiger charge is -2.27. The van der Waals surface area contributed by atoms with Crippen LogP contribution in [0.15, 0.2) is 76.7 Å². The van der Waals surface area contributed by atoms with Gasteiger partial charge in [-0.1, -0.05) is 31.7 Å². The Labute approximate surface area is 262 Å². The van der Waals surface area contributed by atoms with Crippen molar-refractivity contribution in [2.45, 2.75) is 75.0 Å². The molecule has 13 heteroatoms. The van der Waals surface area contributed by atoms with Gasteiger partial charge >= 0.3 is 5.69 Å². The minimum absolute atomic E-state index is 0.0938. The number of fused-ring (bicyclic) bond motifs is 1. The molecule has 3 heterocycles. The zero-order chi connectivity index (χ0) is 31.2. The number of hydrogen-bond donors (Lipinski definition) is 3. The maximum atomic E-state index is 13.2. The maximum absolute atomic E-state index is 13.2. The first-order chi connectivity index (χ1) is 21.9. The lowest BCUT2D eigenvalue weighted by molar-refractivity contribution is 0.146. The van der Waals surface area contributed by atoms with E-state index in [9.17, 15) is 18.3 Å². The van der Waals surface area contributed by atoms with Crippen molar-refractivity contribution in [1.82, 2.24) is 30.1 Å². The number of nitrogens with zero attached hydrogens (tertiary/aromatic N) is 5. The number of aliphatic hydroxyl groups excluding tert-OH is 1. The largest absolute Gasteiger partial charge is 0.489 e. The average molecular weight is 634 g/mol. The Hall–Kier alpha value is -4.07. The number of aliphatic hydroxyl groups is 1. The van der Waals surface area contributed by atoms with Gasteiger partial charge in [0.2, 0.25) is 0 Å². The molecule has 2 aliphatic rings. The van der Waals surface area contributed by atoms with E-state index in [1.165, 1.54) is 41.1 Å². The Balaban J connectivity index is 1.02. The topological polar surface area (TPSA) is 153 Å². The highest BCUT2D eigenvalue weighted by Crippen LogP contribution is 2.31. The van der Waals surface area contributed by atoms with Crippen LogP contribution in [0.2, 0.25) is 0 Å². The molecule has 12 nitrogen and oxygen atoms in total. The fourth-order valence-corrected chi connectivity index (χ4v) is 7.20. The van der Waals surface area contributed by atoms with Crippen LogP contribution >= 0.6 is 0 Å². The quantitative estimate of drug-likeness (QED) is 0.200. The lowest BCUT2D eigenvalue weighted by Crippen LogP contribution is -2.36. The highest BCUT2D eigenvalue weighted by molar-refractivity contribution is 7.92. The van der Waals surface area contributed by atoms with Crippen LogP contribution in [0.3, 0.4) is 0 Å². The summed E-state index contributed by atoms with van der Waals surface area (Å²) >= 11 is 0. The summed E-state index contributed by atoms with van der Waals surface area (Å²) in [6.07, 6.45) is 11.1. The lowest BCUT2D eigenvalue weighted by atomic mass is 10.0. The van der Waals surface area contributed by atoms with E-state index in [1.807, 2.05) is 6.07 Å². The molecular weight excluding hydrogens is 594 g/mol. The zero-order valence-corrected chi connectivity index (χ0v) is 25.9. The molecule has 2 aromatic carbocycles. The molecule has 0 spiro atoms. The van der Waals surface area contributed by atoms with Crippen molar-refractivity contribution in [3.05, 3.63) is 88.6 Å². The molecule has 1 fully saturated rings. The summed E-state index contributed by atoms with van der Waals surface area (Å²) in [6, 6.07) is 15.0. The van der Waals surface area contributed by atoms with Gasteiger partial charge < -0.3 is 15.2 Å². The highest BCUT2D eigenvalue weighted by Gasteiger charge is 2.23. The molecule has 6 rings (SSSR count). The summed E-state index contributed by atoms with van der Waals surface area (Å²) in [5.41, 5.74) is 2.13. The van der Waals surface area contributed by atoms with Crippen molar-refractivity contribution in [1.29, 1.82) is 0 Å². The van der Waals surface area contributed by atoms with E-state index in [-0.39, 0.29) is 16.7 Å². The normalized spacial score (nSPS) is 17.5. The summed E-state index contributed by atoms with van der Waals surface area (Å²) < 4.78 is 37.8. The van der Waals surface area contributed by atoms with Crippen LogP contribution < -0.4 is 20.5 Å². The van der Waals surface area contributed by atoms with E-state index < -0.39 is 16.1 Å². The average Bonchev–Trinajstić information content (AvgIpc) is 3.71. The van der Waals surface area contributed by atoms with Gasteiger partial charge in [-0.15, -0.1) is 0 Å². The van der Waals surface area contributed by atoms with E-state index in [0.29, 0.717) is 49.6 Å². The minimum Gasteiger partial charge on any atom is -0.489 e. The van der Waals surface area contributed by atoms with Gasteiger partial charge in [-0.25, -0.2) is 13.2 Å². The molecule has 2 unspecified atom stereocenters. The molecule has 2 atom stereocenters. The number of sulfonamides is 1. The number of benzene rings is 2. The van der Waals surface area contributed by atoms with Gasteiger partial charge in [-0.3, -0.25) is 9.71 Å². The SMILES string of the molecule is O=c1n(CCCC2CCCC2)nnn1-c1ccc(NS(=O)(=O)c2ccc3c(c2)CCC(CNCC(O)c2cccnc2)O3)cc1. The molecule has 0 bridgehead atoms. The predicted octanol–water partition coefficient (Wildman–Crippen LogP) is 3.61. The van der Waals surface area contributed by atoms with Gasteiger partial charge in [0.1, 0.15) is 11.9 Å². The first kappa shape index (κ1) is 30.9. The highest BCUT2D eigenvalue weighted by atomic mass is 32.2. The molecule has 1 saturated carbocycles. The Morgan fingerprint density at radius 2 is 1.87 bits per heavy atom. The summed E-state index contributed by atoms with van der Waals surface area (Å²) in [7, 11) is -3.86. The van der Waals surface area contributed by atoms with Crippen LogP contribution in [0.4, 0.5) is 5.69 Å². The third-order valence-electron chi connectivity index (χ3n) is 8.61. The fraction of sp³-hybridized carbons (Fsp3) is 0.438. The Kier molecular flexibility index (Phi) is 9.57. The Morgan fingerprint density at radius 1 is 1.04 bits per heavy atom. The second-order valence-electron chi connectivity index (χ2n) is 11.8. The van der Waals surface area contributed by atoms with Gasteiger partial charge in [-0.2, -0.15) is 9.36 Å². The smallest absolute Gasteiger partial charge is 0.368 e. The van der Waals surface area contributed by atoms with Crippen LogP contribution in [0.25, 0.3) is 5.69 Å². The predicted molar refractivity (Wildman–Crippen MR) is 169 cm³/mol.